The molecule has 0 saturated heterocycles. The summed E-state index contributed by atoms with van der Waals surface area (Å²) >= 11 is 3.97. The standard InChI is InChI=1S/C26H15IN2OS/c27-20-9-3-4-10-21(20)28-25-19(26-29-22-11-5-6-12-24(22)31-26)15-18-17-8-2-1-7-16(17)13-14-23(18)30-25/h1-15H. The van der Waals surface area contributed by atoms with Gasteiger partial charge in [-0.25, -0.2) is 9.98 Å². The van der Waals surface area contributed by atoms with Gasteiger partial charge >= 0.3 is 0 Å². The summed E-state index contributed by atoms with van der Waals surface area (Å²) in [5, 5.41) is 4.31. The summed E-state index contributed by atoms with van der Waals surface area (Å²) < 4.78 is 8.63. The third kappa shape index (κ3) is 3.34. The fourth-order valence-corrected chi connectivity index (χ4v) is 5.24. The van der Waals surface area contributed by atoms with Gasteiger partial charge in [-0.2, -0.15) is 0 Å². The lowest BCUT2D eigenvalue weighted by atomic mass is 10.0. The highest BCUT2D eigenvalue weighted by atomic mass is 127. The molecule has 148 valence electrons. The van der Waals surface area contributed by atoms with Gasteiger partial charge in [0.15, 0.2) is 0 Å². The van der Waals surface area contributed by atoms with Crippen LogP contribution in [0.15, 0.2) is 100 Å². The Labute approximate surface area is 195 Å². The molecule has 0 atom stereocenters. The molecule has 0 aliphatic rings. The number of benzene rings is 4. The van der Waals surface area contributed by atoms with Crippen molar-refractivity contribution in [3.63, 3.8) is 0 Å². The van der Waals surface area contributed by atoms with Crippen molar-refractivity contribution in [3.8, 4) is 10.6 Å². The number of thiazole rings is 1. The van der Waals surface area contributed by atoms with E-state index < -0.39 is 0 Å². The second-order valence-electron chi connectivity index (χ2n) is 7.21. The minimum Gasteiger partial charge on any atom is -0.438 e. The highest BCUT2D eigenvalue weighted by Gasteiger charge is 2.14. The molecule has 3 nitrogen and oxygen atoms in total. The van der Waals surface area contributed by atoms with Gasteiger partial charge in [-0.1, -0.05) is 54.6 Å². The molecule has 4 aromatic carbocycles. The SMILES string of the molecule is Ic1ccccc1N=c1oc2ccc3ccccc3c2cc1-c1nc2ccccc2s1. The highest BCUT2D eigenvalue weighted by molar-refractivity contribution is 14.1. The Morgan fingerprint density at radius 2 is 1.61 bits per heavy atom. The van der Waals surface area contributed by atoms with Crippen LogP contribution in [-0.2, 0) is 0 Å². The van der Waals surface area contributed by atoms with Gasteiger partial charge in [-0.3, -0.25) is 0 Å². The summed E-state index contributed by atoms with van der Waals surface area (Å²) in [7, 11) is 0. The lowest BCUT2D eigenvalue weighted by Crippen LogP contribution is -2.05. The fourth-order valence-electron chi connectivity index (χ4n) is 3.75. The second kappa shape index (κ2) is 7.59. The molecule has 0 N–H and O–H groups in total. The molecule has 5 heteroatoms. The van der Waals surface area contributed by atoms with Crippen LogP contribution in [-0.4, -0.2) is 4.98 Å². The molecule has 0 aliphatic carbocycles. The molecule has 0 spiro atoms. The first-order valence-electron chi connectivity index (χ1n) is 9.87. The Balaban J connectivity index is 1.72. The van der Waals surface area contributed by atoms with E-state index in [9.17, 15) is 0 Å². The van der Waals surface area contributed by atoms with Gasteiger partial charge in [-0.15, -0.1) is 11.3 Å². The maximum Gasteiger partial charge on any atom is 0.230 e. The number of hydrogen-bond donors (Lipinski definition) is 0. The molecule has 6 rings (SSSR count). The number of rotatable bonds is 2. The summed E-state index contributed by atoms with van der Waals surface area (Å²) in [5.41, 5.74) is 4.17. The van der Waals surface area contributed by atoms with Crippen molar-refractivity contribution in [1.82, 2.24) is 4.98 Å². The summed E-state index contributed by atoms with van der Waals surface area (Å²) in [6.45, 7) is 0. The number of aromatic nitrogens is 1. The van der Waals surface area contributed by atoms with Crippen LogP contribution in [0.25, 0.3) is 42.5 Å². The van der Waals surface area contributed by atoms with E-state index in [1.165, 1.54) is 5.39 Å². The first-order chi connectivity index (χ1) is 15.3. The highest BCUT2D eigenvalue weighted by Crippen LogP contribution is 2.32. The predicted octanol–water partition coefficient (Wildman–Crippen LogP) is 7.70. The molecule has 0 saturated carbocycles. The topological polar surface area (TPSA) is 38.4 Å². The van der Waals surface area contributed by atoms with Crippen LogP contribution in [0.1, 0.15) is 0 Å². The summed E-state index contributed by atoms with van der Waals surface area (Å²) in [5.74, 6) is 0. The minimum absolute atomic E-state index is 0.575. The molecule has 0 bridgehead atoms. The molecule has 2 aromatic heterocycles. The lowest BCUT2D eigenvalue weighted by Gasteiger charge is -2.06. The first-order valence-corrected chi connectivity index (χ1v) is 11.8. The van der Waals surface area contributed by atoms with Crippen LogP contribution in [0, 0.1) is 3.57 Å². The van der Waals surface area contributed by atoms with Crippen LogP contribution in [0.2, 0.25) is 0 Å². The second-order valence-corrected chi connectivity index (χ2v) is 9.41. The van der Waals surface area contributed by atoms with Crippen LogP contribution in [0.5, 0.6) is 0 Å². The maximum absolute atomic E-state index is 6.41. The number of para-hydroxylation sites is 2. The Hall–Kier alpha value is -3.03. The first kappa shape index (κ1) is 18.7. The quantitative estimate of drug-likeness (QED) is 0.170. The third-order valence-electron chi connectivity index (χ3n) is 5.26. The maximum atomic E-state index is 6.41. The van der Waals surface area contributed by atoms with Crippen LogP contribution in [0.4, 0.5) is 5.69 Å². The van der Waals surface area contributed by atoms with Crippen molar-refractivity contribution in [2.45, 2.75) is 0 Å². The van der Waals surface area contributed by atoms with E-state index in [1.807, 2.05) is 48.5 Å². The van der Waals surface area contributed by atoms with Crippen molar-refractivity contribution in [2.24, 2.45) is 4.99 Å². The minimum atomic E-state index is 0.575. The van der Waals surface area contributed by atoms with Crippen molar-refractivity contribution >= 4 is 71.6 Å². The van der Waals surface area contributed by atoms with Crippen LogP contribution >= 0.6 is 33.9 Å². The molecular weight excluding hydrogens is 515 g/mol. The van der Waals surface area contributed by atoms with Crippen molar-refractivity contribution < 1.29 is 4.42 Å². The smallest absolute Gasteiger partial charge is 0.230 e. The third-order valence-corrected chi connectivity index (χ3v) is 7.24. The number of fused-ring (bicyclic) bond motifs is 4. The molecule has 6 aromatic rings. The van der Waals surface area contributed by atoms with E-state index >= 15 is 0 Å². The molecule has 0 unspecified atom stereocenters. The van der Waals surface area contributed by atoms with Crippen LogP contribution < -0.4 is 5.55 Å². The van der Waals surface area contributed by atoms with Crippen LogP contribution in [0.3, 0.4) is 0 Å². The van der Waals surface area contributed by atoms with E-state index in [4.69, 9.17) is 14.4 Å². The van der Waals surface area contributed by atoms with Gasteiger partial charge in [0.05, 0.1) is 21.5 Å². The van der Waals surface area contributed by atoms with E-state index in [0.29, 0.717) is 5.55 Å². The average Bonchev–Trinajstić information content (AvgIpc) is 3.24. The fraction of sp³-hybridized carbons (Fsp3) is 0. The lowest BCUT2D eigenvalue weighted by molar-refractivity contribution is 0.547. The van der Waals surface area contributed by atoms with E-state index in [2.05, 4.69) is 65.1 Å². The van der Waals surface area contributed by atoms with Gasteiger partial charge in [0.2, 0.25) is 5.55 Å². The van der Waals surface area contributed by atoms with Gasteiger partial charge in [0.1, 0.15) is 10.6 Å². The van der Waals surface area contributed by atoms with E-state index in [1.54, 1.807) is 11.3 Å². The Kier molecular flexibility index (Phi) is 4.58. The van der Waals surface area contributed by atoms with Gasteiger partial charge in [-0.05, 0) is 69.8 Å². The Bertz CT molecular complexity index is 1630. The van der Waals surface area contributed by atoms with E-state index in [-0.39, 0.29) is 0 Å². The van der Waals surface area contributed by atoms with Gasteiger partial charge < -0.3 is 4.42 Å². The summed E-state index contributed by atoms with van der Waals surface area (Å²) in [6.07, 6.45) is 0. The van der Waals surface area contributed by atoms with Crippen molar-refractivity contribution in [1.29, 1.82) is 0 Å². The molecule has 0 radical (unpaired) electrons. The monoisotopic (exact) mass is 530 g/mol. The zero-order valence-electron chi connectivity index (χ0n) is 16.2. The molecular formula is C26H15IN2OS. The Morgan fingerprint density at radius 1 is 0.806 bits per heavy atom. The average molecular weight is 530 g/mol. The van der Waals surface area contributed by atoms with Gasteiger partial charge in [0, 0.05) is 8.96 Å². The Morgan fingerprint density at radius 3 is 2.52 bits per heavy atom. The molecule has 0 amide bonds. The number of nitrogens with zero attached hydrogens (tertiary/aromatic N) is 2. The number of halogens is 1. The molecule has 0 fully saturated rings. The zero-order chi connectivity index (χ0) is 20.8. The van der Waals surface area contributed by atoms with Gasteiger partial charge in [0.25, 0.3) is 0 Å². The molecule has 31 heavy (non-hydrogen) atoms. The normalized spacial score (nSPS) is 12.2. The molecule has 2 heterocycles. The molecule has 0 aliphatic heterocycles. The van der Waals surface area contributed by atoms with Crippen molar-refractivity contribution in [3.05, 3.63) is 100 Å². The number of hydrogen-bond acceptors (Lipinski definition) is 4. The van der Waals surface area contributed by atoms with E-state index in [0.717, 1.165) is 46.4 Å². The largest absolute Gasteiger partial charge is 0.438 e. The predicted molar refractivity (Wildman–Crippen MR) is 137 cm³/mol. The summed E-state index contributed by atoms with van der Waals surface area (Å²) in [6, 6.07) is 30.9. The zero-order valence-corrected chi connectivity index (χ0v) is 19.2. The van der Waals surface area contributed by atoms with Crippen molar-refractivity contribution in [2.75, 3.05) is 0 Å². The summed E-state index contributed by atoms with van der Waals surface area (Å²) in [4.78, 5) is 9.80.